The van der Waals surface area contributed by atoms with E-state index in [1.54, 1.807) is 38.1 Å². The van der Waals surface area contributed by atoms with Crippen LogP contribution in [0.15, 0.2) is 39.7 Å². The Balaban J connectivity index is 2.46. The van der Waals surface area contributed by atoms with E-state index in [4.69, 9.17) is 11.6 Å². The fourth-order valence-electron chi connectivity index (χ4n) is 2.21. The summed E-state index contributed by atoms with van der Waals surface area (Å²) >= 11 is 9.42. The molecule has 0 heterocycles. The SMILES string of the molecule is Cc1cc(C(=O)Nc2ccc(Br)cc2Cl)cc(S(=O)(=O)N(C)C)c1C. The molecule has 1 N–H and O–H groups in total. The number of halogens is 2. The molecule has 2 rings (SSSR count). The van der Waals surface area contributed by atoms with Crippen molar-refractivity contribution in [3.63, 3.8) is 0 Å². The second-order valence-electron chi connectivity index (χ2n) is 5.78. The highest BCUT2D eigenvalue weighted by Crippen LogP contribution is 2.27. The minimum absolute atomic E-state index is 0.115. The fourth-order valence-corrected chi connectivity index (χ4v) is 4.15. The summed E-state index contributed by atoms with van der Waals surface area (Å²) in [5, 5.41) is 3.09. The van der Waals surface area contributed by atoms with Crippen molar-refractivity contribution in [3.05, 3.63) is 56.5 Å². The van der Waals surface area contributed by atoms with Crippen LogP contribution in [0.5, 0.6) is 0 Å². The second kappa shape index (κ2) is 7.45. The Hall–Kier alpha value is -1.41. The van der Waals surface area contributed by atoms with Gasteiger partial charge >= 0.3 is 0 Å². The van der Waals surface area contributed by atoms with E-state index in [1.807, 2.05) is 0 Å². The van der Waals surface area contributed by atoms with Gasteiger partial charge in [-0.15, -0.1) is 0 Å². The molecule has 0 bridgehead atoms. The number of carbonyl (C=O) groups excluding carboxylic acids is 1. The van der Waals surface area contributed by atoms with Crippen LogP contribution < -0.4 is 5.32 Å². The molecule has 2 aromatic rings. The van der Waals surface area contributed by atoms with Gasteiger partial charge in [-0.2, -0.15) is 0 Å². The first-order chi connectivity index (χ1) is 11.5. The molecular formula is C17H18BrClN2O3S. The molecule has 1 amide bonds. The Morgan fingerprint density at radius 3 is 2.36 bits per heavy atom. The van der Waals surface area contributed by atoms with Crippen LogP contribution in [0.2, 0.25) is 5.02 Å². The molecule has 0 saturated heterocycles. The molecule has 0 fully saturated rings. The summed E-state index contributed by atoms with van der Waals surface area (Å²) in [6, 6.07) is 8.14. The van der Waals surface area contributed by atoms with E-state index in [9.17, 15) is 13.2 Å². The first-order valence-electron chi connectivity index (χ1n) is 7.34. The van der Waals surface area contributed by atoms with Crippen LogP contribution in [0.3, 0.4) is 0 Å². The van der Waals surface area contributed by atoms with Crippen molar-refractivity contribution in [2.75, 3.05) is 19.4 Å². The van der Waals surface area contributed by atoms with Gasteiger partial charge in [0.15, 0.2) is 0 Å². The van der Waals surface area contributed by atoms with Crippen LogP contribution in [0.1, 0.15) is 21.5 Å². The summed E-state index contributed by atoms with van der Waals surface area (Å²) in [6.45, 7) is 3.49. The molecule has 0 aliphatic carbocycles. The number of anilines is 1. The first kappa shape index (κ1) is 19.9. The Kier molecular flexibility index (Phi) is 5.93. The van der Waals surface area contributed by atoms with Crippen LogP contribution in [0.4, 0.5) is 5.69 Å². The Labute approximate surface area is 161 Å². The highest BCUT2D eigenvalue weighted by molar-refractivity contribution is 9.10. The van der Waals surface area contributed by atoms with Crippen LogP contribution in [-0.4, -0.2) is 32.7 Å². The van der Waals surface area contributed by atoms with Gasteiger partial charge in [-0.1, -0.05) is 27.5 Å². The van der Waals surface area contributed by atoms with Crippen molar-refractivity contribution >= 4 is 49.1 Å². The summed E-state index contributed by atoms with van der Waals surface area (Å²) in [5.74, 6) is -0.428. The fraction of sp³-hybridized carbons (Fsp3) is 0.235. The number of hydrogen-bond acceptors (Lipinski definition) is 3. The average molecular weight is 446 g/mol. The molecule has 0 aromatic heterocycles. The minimum atomic E-state index is -3.65. The van der Waals surface area contributed by atoms with E-state index in [-0.39, 0.29) is 10.5 Å². The third kappa shape index (κ3) is 4.23. The van der Waals surface area contributed by atoms with E-state index >= 15 is 0 Å². The zero-order valence-corrected chi connectivity index (χ0v) is 17.4. The predicted molar refractivity (Wildman–Crippen MR) is 104 cm³/mol. The van der Waals surface area contributed by atoms with Crippen LogP contribution in [0.25, 0.3) is 0 Å². The molecule has 0 saturated carbocycles. The molecule has 0 atom stereocenters. The van der Waals surface area contributed by atoms with Gasteiger partial charge in [-0.05, 0) is 55.3 Å². The maximum Gasteiger partial charge on any atom is 0.255 e. The summed E-state index contributed by atoms with van der Waals surface area (Å²) in [4.78, 5) is 12.7. The summed E-state index contributed by atoms with van der Waals surface area (Å²) < 4.78 is 26.9. The number of rotatable bonds is 4. The highest BCUT2D eigenvalue weighted by Gasteiger charge is 2.23. The first-order valence-corrected chi connectivity index (χ1v) is 9.95. The lowest BCUT2D eigenvalue weighted by atomic mass is 10.1. The number of sulfonamides is 1. The molecule has 0 aliphatic rings. The number of amides is 1. The summed E-state index contributed by atoms with van der Waals surface area (Å²) in [7, 11) is -0.738. The largest absolute Gasteiger partial charge is 0.321 e. The lowest BCUT2D eigenvalue weighted by Crippen LogP contribution is -2.24. The molecule has 8 heteroatoms. The third-order valence-electron chi connectivity index (χ3n) is 3.82. The number of nitrogens with one attached hydrogen (secondary N) is 1. The van der Waals surface area contributed by atoms with Crippen molar-refractivity contribution in [2.45, 2.75) is 18.7 Å². The zero-order chi connectivity index (χ0) is 18.9. The molecule has 5 nitrogen and oxygen atoms in total. The standard InChI is InChI=1S/C17H18BrClN2O3S/c1-10-7-12(8-16(11(10)2)25(23,24)21(3)4)17(22)20-15-6-5-13(18)9-14(15)19/h5-9H,1-4H3,(H,20,22). The molecular weight excluding hydrogens is 428 g/mol. The van der Waals surface area contributed by atoms with Gasteiger partial charge in [0.1, 0.15) is 0 Å². The van der Waals surface area contributed by atoms with Gasteiger partial charge < -0.3 is 5.32 Å². The Morgan fingerprint density at radius 1 is 1.16 bits per heavy atom. The van der Waals surface area contributed by atoms with E-state index < -0.39 is 15.9 Å². The Morgan fingerprint density at radius 2 is 1.80 bits per heavy atom. The second-order valence-corrected chi connectivity index (χ2v) is 9.23. The molecule has 0 unspecified atom stereocenters. The van der Waals surface area contributed by atoms with Gasteiger partial charge in [0, 0.05) is 24.1 Å². The van der Waals surface area contributed by atoms with Crippen molar-refractivity contribution in [2.24, 2.45) is 0 Å². The maximum absolute atomic E-state index is 12.6. The van der Waals surface area contributed by atoms with E-state index in [2.05, 4.69) is 21.2 Å². The molecule has 0 aliphatic heterocycles. The van der Waals surface area contributed by atoms with Crippen LogP contribution in [0, 0.1) is 13.8 Å². The Bertz CT molecular complexity index is 943. The van der Waals surface area contributed by atoms with Crippen molar-refractivity contribution in [3.8, 4) is 0 Å². The highest BCUT2D eigenvalue weighted by atomic mass is 79.9. The zero-order valence-electron chi connectivity index (χ0n) is 14.2. The van der Waals surface area contributed by atoms with Crippen LogP contribution in [-0.2, 0) is 10.0 Å². The summed E-state index contributed by atoms with van der Waals surface area (Å²) in [6.07, 6.45) is 0. The van der Waals surface area contributed by atoms with Gasteiger partial charge in [-0.25, -0.2) is 12.7 Å². The lowest BCUT2D eigenvalue weighted by Gasteiger charge is -2.16. The monoisotopic (exact) mass is 444 g/mol. The maximum atomic E-state index is 12.6. The van der Waals surface area contributed by atoms with E-state index in [0.717, 1.165) is 14.3 Å². The predicted octanol–water partition coefficient (Wildman–Crippen LogP) is 4.22. The molecule has 25 heavy (non-hydrogen) atoms. The van der Waals surface area contributed by atoms with E-state index in [0.29, 0.717) is 16.3 Å². The quantitative estimate of drug-likeness (QED) is 0.766. The topological polar surface area (TPSA) is 66.5 Å². The van der Waals surface area contributed by atoms with Crippen molar-refractivity contribution in [1.82, 2.24) is 4.31 Å². The normalized spacial score (nSPS) is 11.6. The van der Waals surface area contributed by atoms with Crippen molar-refractivity contribution < 1.29 is 13.2 Å². The number of hydrogen-bond donors (Lipinski definition) is 1. The minimum Gasteiger partial charge on any atom is -0.321 e. The number of nitrogens with zero attached hydrogens (tertiary/aromatic N) is 1. The van der Waals surface area contributed by atoms with Gasteiger partial charge in [0.05, 0.1) is 15.6 Å². The van der Waals surface area contributed by atoms with Gasteiger partial charge in [0.2, 0.25) is 10.0 Å². The molecule has 0 radical (unpaired) electrons. The van der Waals surface area contributed by atoms with Crippen LogP contribution >= 0.6 is 27.5 Å². The molecule has 134 valence electrons. The number of carbonyl (C=O) groups is 1. The number of benzene rings is 2. The van der Waals surface area contributed by atoms with E-state index in [1.165, 1.54) is 20.2 Å². The average Bonchev–Trinajstić information content (AvgIpc) is 2.52. The van der Waals surface area contributed by atoms with Gasteiger partial charge in [-0.3, -0.25) is 4.79 Å². The lowest BCUT2D eigenvalue weighted by molar-refractivity contribution is 0.102. The summed E-state index contributed by atoms with van der Waals surface area (Å²) in [5.41, 5.74) is 2.04. The smallest absolute Gasteiger partial charge is 0.255 e. The molecule has 2 aromatic carbocycles. The third-order valence-corrected chi connectivity index (χ3v) is 6.57. The molecule has 0 spiro atoms. The number of aryl methyl sites for hydroxylation is 1. The van der Waals surface area contributed by atoms with Crippen molar-refractivity contribution in [1.29, 1.82) is 0 Å². The van der Waals surface area contributed by atoms with Gasteiger partial charge in [0.25, 0.3) is 5.91 Å².